The van der Waals surface area contributed by atoms with Gasteiger partial charge in [0.25, 0.3) is 0 Å². The smallest absolute Gasteiger partial charge is 0.0379 e. The van der Waals surface area contributed by atoms with Crippen molar-refractivity contribution in [1.29, 1.82) is 0 Å². The molecule has 0 aromatic heterocycles. The Hall–Kier alpha value is -0.520. The Bertz CT molecular complexity index is 74.0. The van der Waals surface area contributed by atoms with E-state index in [-0.39, 0.29) is 0 Å². The first-order valence-corrected chi connectivity index (χ1v) is 3.38. The molecule has 0 aliphatic heterocycles. The van der Waals surface area contributed by atoms with E-state index in [4.69, 9.17) is 0 Å². The average molecular weight is 126 g/mol. The monoisotopic (exact) mass is 126 g/mol. The minimum absolute atomic E-state index is 1.16. The summed E-state index contributed by atoms with van der Waals surface area (Å²) in [5.41, 5.74) is 1.17. The predicted molar refractivity (Wildman–Crippen MR) is 45.6 cm³/mol. The molecule has 0 aromatic carbocycles. The highest BCUT2D eigenvalue weighted by atomic mass is 13.6. The maximum absolute atomic E-state index is 3.56. The molecular formula is C9H18. The molecule has 0 nitrogen and oxygen atoms in total. The predicted octanol–water partition coefficient (Wildman–Crippen LogP) is 3.55. The summed E-state index contributed by atoms with van der Waals surface area (Å²) in [5, 5.41) is 0. The van der Waals surface area contributed by atoms with E-state index in [0.717, 1.165) is 6.42 Å². The second kappa shape index (κ2) is 10.5. The normalized spacial score (nSPS) is 8.44. The Balaban J connectivity index is 0. The van der Waals surface area contributed by atoms with Gasteiger partial charge >= 0.3 is 0 Å². The Kier molecular flexibility index (Phi) is 13.1. The van der Waals surface area contributed by atoms with Crippen LogP contribution in [-0.4, -0.2) is 0 Å². The second-order valence-electron chi connectivity index (χ2n) is 2.18. The molecule has 0 aliphatic carbocycles. The van der Waals surface area contributed by atoms with Gasteiger partial charge in [0.1, 0.15) is 0 Å². The lowest BCUT2D eigenvalue weighted by atomic mass is 10.4. The number of hydrogen-bond donors (Lipinski definition) is 0. The van der Waals surface area contributed by atoms with Crippen LogP contribution in [0.4, 0.5) is 0 Å². The van der Waals surface area contributed by atoms with E-state index in [1.165, 1.54) is 5.57 Å². The molecule has 0 saturated heterocycles. The molecule has 0 heteroatoms. The fourth-order valence-corrected chi connectivity index (χ4v) is 0.236. The van der Waals surface area contributed by atoms with Crippen molar-refractivity contribution in [3.63, 3.8) is 0 Å². The standard InChI is InChI=1S/C5H10.C4H8/c1-3-5-4-2;1-4(2)3/h3,5H,4H2,1-2H3;1H2,2-3H3. The summed E-state index contributed by atoms with van der Waals surface area (Å²) < 4.78 is 0. The Morgan fingerprint density at radius 3 is 1.78 bits per heavy atom. The van der Waals surface area contributed by atoms with Crippen LogP contribution in [-0.2, 0) is 0 Å². The Labute approximate surface area is 59.3 Å². The molecule has 0 rings (SSSR count). The third kappa shape index (κ3) is 103. The minimum Gasteiger partial charge on any atom is -0.100 e. The molecule has 9 heavy (non-hydrogen) atoms. The highest BCUT2D eigenvalue weighted by Gasteiger charge is 1.52. The van der Waals surface area contributed by atoms with Crippen LogP contribution in [0.2, 0.25) is 0 Å². The molecule has 0 unspecified atom stereocenters. The maximum atomic E-state index is 3.56. The van der Waals surface area contributed by atoms with Crippen LogP contribution in [0.1, 0.15) is 34.1 Å². The number of rotatable bonds is 1. The molecule has 0 bridgehead atoms. The van der Waals surface area contributed by atoms with Gasteiger partial charge in [-0.2, -0.15) is 0 Å². The largest absolute Gasteiger partial charge is 0.100 e. The Morgan fingerprint density at radius 2 is 1.78 bits per heavy atom. The summed E-state index contributed by atoms with van der Waals surface area (Å²) >= 11 is 0. The third-order valence-corrected chi connectivity index (χ3v) is 0.471. The number of allylic oxidation sites excluding steroid dienone is 3. The van der Waals surface area contributed by atoms with Crippen LogP contribution in [0.25, 0.3) is 0 Å². The van der Waals surface area contributed by atoms with E-state index in [1.54, 1.807) is 0 Å². The zero-order valence-corrected chi connectivity index (χ0v) is 7.07. The Morgan fingerprint density at radius 1 is 1.44 bits per heavy atom. The maximum Gasteiger partial charge on any atom is -0.0379 e. The van der Waals surface area contributed by atoms with Crippen molar-refractivity contribution in [3.05, 3.63) is 24.3 Å². The van der Waals surface area contributed by atoms with Gasteiger partial charge in [-0.1, -0.05) is 24.6 Å². The second-order valence-corrected chi connectivity index (χ2v) is 2.18. The van der Waals surface area contributed by atoms with E-state index in [2.05, 4.69) is 25.7 Å². The van der Waals surface area contributed by atoms with Gasteiger partial charge in [0.2, 0.25) is 0 Å². The zero-order valence-electron chi connectivity index (χ0n) is 7.07. The molecule has 0 aliphatic rings. The summed E-state index contributed by atoms with van der Waals surface area (Å²) in [6.45, 7) is 11.7. The molecule has 54 valence electrons. The topological polar surface area (TPSA) is 0 Å². The highest BCUT2D eigenvalue weighted by molar-refractivity contribution is 4.78. The van der Waals surface area contributed by atoms with Crippen LogP contribution in [0.5, 0.6) is 0 Å². The van der Waals surface area contributed by atoms with Crippen molar-refractivity contribution in [2.45, 2.75) is 34.1 Å². The molecule has 0 spiro atoms. The quantitative estimate of drug-likeness (QED) is 0.471. The highest BCUT2D eigenvalue weighted by Crippen LogP contribution is 1.74. The van der Waals surface area contributed by atoms with Gasteiger partial charge in [0.15, 0.2) is 0 Å². The third-order valence-electron chi connectivity index (χ3n) is 0.471. The van der Waals surface area contributed by atoms with Crippen LogP contribution in [0.15, 0.2) is 24.3 Å². The van der Waals surface area contributed by atoms with Gasteiger partial charge in [-0.25, -0.2) is 0 Å². The lowest BCUT2D eigenvalue weighted by molar-refractivity contribution is 1.22. The lowest BCUT2D eigenvalue weighted by Crippen LogP contribution is -1.43. The van der Waals surface area contributed by atoms with Gasteiger partial charge in [0.05, 0.1) is 0 Å². The van der Waals surface area contributed by atoms with Crippen LogP contribution in [0, 0.1) is 0 Å². The van der Waals surface area contributed by atoms with E-state index in [1.807, 2.05) is 20.8 Å². The van der Waals surface area contributed by atoms with Gasteiger partial charge < -0.3 is 0 Å². The van der Waals surface area contributed by atoms with Crippen molar-refractivity contribution in [2.24, 2.45) is 0 Å². The van der Waals surface area contributed by atoms with Gasteiger partial charge in [-0.15, -0.1) is 6.58 Å². The van der Waals surface area contributed by atoms with Crippen molar-refractivity contribution in [3.8, 4) is 0 Å². The molecule has 0 atom stereocenters. The molecule has 0 fully saturated rings. The SMILES string of the molecule is C=C(C)C.CC=CCC. The van der Waals surface area contributed by atoms with Crippen LogP contribution < -0.4 is 0 Å². The van der Waals surface area contributed by atoms with E-state index >= 15 is 0 Å². The van der Waals surface area contributed by atoms with Gasteiger partial charge in [-0.05, 0) is 27.2 Å². The first-order chi connectivity index (χ1) is 4.15. The summed E-state index contributed by atoms with van der Waals surface area (Å²) in [6.07, 6.45) is 5.34. The van der Waals surface area contributed by atoms with Gasteiger partial charge in [0, 0.05) is 0 Å². The summed E-state index contributed by atoms with van der Waals surface area (Å²) in [4.78, 5) is 0. The summed E-state index contributed by atoms with van der Waals surface area (Å²) in [5.74, 6) is 0. The summed E-state index contributed by atoms with van der Waals surface area (Å²) in [6, 6.07) is 0. The van der Waals surface area contributed by atoms with Gasteiger partial charge in [-0.3, -0.25) is 0 Å². The minimum atomic E-state index is 1.16. The van der Waals surface area contributed by atoms with E-state index in [0.29, 0.717) is 0 Å². The van der Waals surface area contributed by atoms with Crippen molar-refractivity contribution in [1.82, 2.24) is 0 Å². The van der Waals surface area contributed by atoms with E-state index in [9.17, 15) is 0 Å². The number of hydrogen-bond acceptors (Lipinski definition) is 0. The molecule has 0 saturated carbocycles. The molecule has 0 aromatic rings. The first kappa shape index (κ1) is 11.3. The van der Waals surface area contributed by atoms with Crippen LogP contribution >= 0.6 is 0 Å². The zero-order chi connectivity index (χ0) is 7.70. The lowest BCUT2D eigenvalue weighted by Gasteiger charge is -1.65. The molecule has 0 amide bonds. The fourth-order valence-electron chi connectivity index (χ4n) is 0.236. The molecule has 0 heterocycles. The molecular weight excluding hydrogens is 108 g/mol. The molecule has 0 N–H and O–H groups in total. The van der Waals surface area contributed by atoms with Crippen molar-refractivity contribution >= 4 is 0 Å². The van der Waals surface area contributed by atoms with E-state index < -0.39 is 0 Å². The summed E-state index contributed by atoms with van der Waals surface area (Å²) in [7, 11) is 0. The van der Waals surface area contributed by atoms with Crippen molar-refractivity contribution in [2.75, 3.05) is 0 Å². The first-order valence-electron chi connectivity index (χ1n) is 3.38. The van der Waals surface area contributed by atoms with Crippen molar-refractivity contribution < 1.29 is 0 Å². The van der Waals surface area contributed by atoms with Crippen LogP contribution in [0.3, 0.4) is 0 Å². The fraction of sp³-hybridized carbons (Fsp3) is 0.556. The molecule has 0 radical (unpaired) electrons. The average Bonchev–Trinajstić information content (AvgIpc) is 1.66.